The molecular weight excluding hydrogens is 306 g/mol. The van der Waals surface area contributed by atoms with Crippen LogP contribution in [-0.4, -0.2) is 25.8 Å². The number of hydrogen-bond donors (Lipinski definition) is 1. The van der Waals surface area contributed by atoms with Crippen molar-refractivity contribution < 1.29 is 9.32 Å². The molecule has 0 unspecified atom stereocenters. The van der Waals surface area contributed by atoms with E-state index in [1.54, 1.807) is 30.1 Å². The summed E-state index contributed by atoms with van der Waals surface area (Å²) in [6.07, 6.45) is 6.87. The summed E-state index contributed by atoms with van der Waals surface area (Å²) in [5.74, 6) is 0.868. The van der Waals surface area contributed by atoms with Gasteiger partial charge in [0.15, 0.2) is 5.82 Å². The van der Waals surface area contributed by atoms with E-state index in [0.717, 1.165) is 12.0 Å². The molecule has 3 rings (SSSR count). The first-order chi connectivity index (χ1) is 11.7. The largest absolute Gasteiger partial charge is 0.360 e. The Morgan fingerprint density at radius 2 is 2.08 bits per heavy atom. The van der Waals surface area contributed by atoms with Crippen LogP contribution in [0.25, 0.3) is 0 Å². The fourth-order valence-corrected chi connectivity index (χ4v) is 2.48. The average molecular weight is 325 g/mol. The molecule has 7 nitrogen and oxygen atoms in total. The van der Waals surface area contributed by atoms with Crippen molar-refractivity contribution in [3.8, 4) is 0 Å². The van der Waals surface area contributed by atoms with Crippen LogP contribution in [0, 0.1) is 6.92 Å². The number of rotatable bonds is 6. The molecule has 0 fully saturated rings. The molecule has 7 heteroatoms. The molecular formula is C17H19N5O2. The number of carbonyl (C=O) groups is 1. The fourth-order valence-electron chi connectivity index (χ4n) is 2.48. The molecule has 0 atom stereocenters. The lowest BCUT2D eigenvalue weighted by molar-refractivity contribution is 0.102. The molecule has 0 aliphatic carbocycles. The molecule has 0 saturated carbocycles. The van der Waals surface area contributed by atoms with Crippen molar-refractivity contribution >= 4 is 11.7 Å². The molecule has 0 aromatic carbocycles. The molecule has 3 aromatic heterocycles. The first-order valence-electron chi connectivity index (χ1n) is 7.86. The van der Waals surface area contributed by atoms with Crippen molar-refractivity contribution in [1.82, 2.24) is 19.9 Å². The summed E-state index contributed by atoms with van der Waals surface area (Å²) in [6, 6.07) is 5.62. The third-order valence-corrected chi connectivity index (χ3v) is 3.61. The summed E-state index contributed by atoms with van der Waals surface area (Å²) in [5, 5.41) is 11.1. The Morgan fingerprint density at radius 1 is 1.29 bits per heavy atom. The number of amides is 1. The van der Waals surface area contributed by atoms with Crippen molar-refractivity contribution in [2.24, 2.45) is 0 Å². The van der Waals surface area contributed by atoms with Crippen LogP contribution in [0.2, 0.25) is 0 Å². The Bertz CT molecular complexity index is 823. The van der Waals surface area contributed by atoms with Crippen LogP contribution >= 0.6 is 0 Å². The first-order valence-corrected chi connectivity index (χ1v) is 7.86. The van der Waals surface area contributed by atoms with Gasteiger partial charge in [-0.1, -0.05) is 12.1 Å². The number of aromatic nitrogens is 4. The molecule has 24 heavy (non-hydrogen) atoms. The summed E-state index contributed by atoms with van der Waals surface area (Å²) in [6.45, 7) is 4.41. The highest BCUT2D eigenvalue weighted by Gasteiger charge is 2.20. The predicted octanol–water partition coefficient (Wildman–Crippen LogP) is 2.83. The van der Waals surface area contributed by atoms with E-state index in [1.807, 2.05) is 25.3 Å². The Balaban J connectivity index is 1.71. The van der Waals surface area contributed by atoms with Gasteiger partial charge in [0.05, 0.1) is 12.2 Å². The van der Waals surface area contributed by atoms with Crippen molar-refractivity contribution in [2.75, 3.05) is 5.32 Å². The van der Waals surface area contributed by atoms with Crippen molar-refractivity contribution in [1.29, 1.82) is 0 Å². The van der Waals surface area contributed by atoms with Crippen LogP contribution in [0.15, 0.2) is 41.3 Å². The second-order valence-electron chi connectivity index (χ2n) is 5.52. The van der Waals surface area contributed by atoms with Gasteiger partial charge in [-0.05, 0) is 31.0 Å². The number of pyridine rings is 1. The molecule has 0 aliphatic rings. The number of anilines is 1. The Labute approximate surface area is 139 Å². The standard InChI is InChI=1S/C17H19N5O2/c1-3-4-14-16(12(2)21-24-14)17(23)19-15-7-10-22(20-15)11-13-5-8-18-9-6-13/h5-10H,3-4,11H2,1-2H3,(H,19,20,23). The number of nitrogens with one attached hydrogen (secondary N) is 1. The van der Waals surface area contributed by atoms with Crippen LogP contribution in [0.4, 0.5) is 5.82 Å². The first kappa shape index (κ1) is 15.9. The molecule has 1 amide bonds. The van der Waals surface area contributed by atoms with Crippen LogP contribution in [-0.2, 0) is 13.0 Å². The van der Waals surface area contributed by atoms with Gasteiger partial charge in [-0.15, -0.1) is 0 Å². The van der Waals surface area contributed by atoms with E-state index in [4.69, 9.17) is 4.52 Å². The zero-order chi connectivity index (χ0) is 16.9. The van der Waals surface area contributed by atoms with E-state index in [9.17, 15) is 4.79 Å². The van der Waals surface area contributed by atoms with Crippen LogP contribution in [0.5, 0.6) is 0 Å². The maximum absolute atomic E-state index is 12.5. The van der Waals surface area contributed by atoms with E-state index in [0.29, 0.717) is 35.8 Å². The van der Waals surface area contributed by atoms with Gasteiger partial charge in [-0.2, -0.15) is 5.10 Å². The van der Waals surface area contributed by atoms with E-state index in [2.05, 4.69) is 20.6 Å². The lowest BCUT2D eigenvalue weighted by Gasteiger charge is -2.03. The molecule has 3 heterocycles. The molecule has 1 N–H and O–H groups in total. The highest BCUT2D eigenvalue weighted by Crippen LogP contribution is 2.17. The van der Waals surface area contributed by atoms with E-state index < -0.39 is 0 Å². The van der Waals surface area contributed by atoms with Gasteiger partial charge < -0.3 is 9.84 Å². The zero-order valence-electron chi connectivity index (χ0n) is 13.7. The van der Waals surface area contributed by atoms with Crippen molar-refractivity contribution in [2.45, 2.75) is 33.2 Å². The minimum Gasteiger partial charge on any atom is -0.360 e. The smallest absolute Gasteiger partial charge is 0.262 e. The SMILES string of the molecule is CCCc1onc(C)c1C(=O)Nc1ccn(Cc2ccncc2)n1. The Morgan fingerprint density at radius 3 is 2.83 bits per heavy atom. The minimum atomic E-state index is -0.244. The highest BCUT2D eigenvalue weighted by molar-refractivity contribution is 6.05. The third kappa shape index (κ3) is 3.51. The van der Waals surface area contributed by atoms with Gasteiger partial charge in [0.2, 0.25) is 0 Å². The monoisotopic (exact) mass is 325 g/mol. The molecule has 0 spiro atoms. The lowest BCUT2D eigenvalue weighted by Crippen LogP contribution is -2.15. The van der Waals surface area contributed by atoms with Gasteiger partial charge >= 0.3 is 0 Å². The molecule has 0 saturated heterocycles. The fraction of sp³-hybridized carbons (Fsp3) is 0.294. The second kappa shape index (κ2) is 7.08. The maximum Gasteiger partial charge on any atom is 0.262 e. The van der Waals surface area contributed by atoms with Crippen molar-refractivity contribution in [3.05, 3.63) is 59.4 Å². The van der Waals surface area contributed by atoms with Crippen molar-refractivity contribution in [3.63, 3.8) is 0 Å². The summed E-state index contributed by atoms with van der Waals surface area (Å²) >= 11 is 0. The maximum atomic E-state index is 12.5. The molecule has 0 aliphatic heterocycles. The molecule has 0 radical (unpaired) electrons. The zero-order valence-corrected chi connectivity index (χ0v) is 13.7. The number of aryl methyl sites for hydroxylation is 2. The van der Waals surface area contributed by atoms with Gasteiger partial charge in [0.1, 0.15) is 11.3 Å². The van der Waals surface area contributed by atoms with Crippen LogP contribution in [0.1, 0.15) is 40.7 Å². The topological polar surface area (TPSA) is 85.8 Å². The number of nitrogens with zero attached hydrogens (tertiary/aromatic N) is 4. The minimum absolute atomic E-state index is 0.244. The van der Waals surface area contributed by atoms with Gasteiger partial charge in [0, 0.05) is 31.1 Å². The summed E-state index contributed by atoms with van der Waals surface area (Å²) < 4.78 is 7.00. The third-order valence-electron chi connectivity index (χ3n) is 3.61. The quantitative estimate of drug-likeness (QED) is 0.753. The Kier molecular flexibility index (Phi) is 4.69. The summed E-state index contributed by atoms with van der Waals surface area (Å²) in [4.78, 5) is 16.5. The normalized spacial score (nSPS) is 10.8. The number of hydrogen-bond acceptors (Lipinski definition) is 5. The average Bonchev–Trinajstić information content (AvgIpc) is 3.15. The lowest BCUT2D eigenvalue weighted by atomic mass is 10.1. The second-order valence-corrected chi connectivity index (χ2v) is 5.52. The molecule has 3 aromatic rings. The van der Waals surface area contributed by atoms with E-state index >= 15 is 0 Å². The van der Waals surface area contributed by atoms with E-state index in [1.165, 1.54) is 0 Å². The predicted molar refractivity (Wildman–Crippen MR) is 88.8 cm³/mol. The molecule has 124 valence electrons. The Hall–Kier alpha value is -2.96. The van der Waals surface area contributed by atoms with Gasteiger partial charge in [-0.25, -0.2) is 0 Å². The highest BCUT2D eigenvalue weighted by atomic mass is 16.5. The summed E-state index contributed by atoms with van der Waals surface area (Å²) in [5.41, 5.74) is 2.18. The summed E-state index contributed by atoms with van der Waals surface area (Å²) in [7, 11) is 0. The van der Waals surface area contributed by atoms with Gasteiger partial charge in [0.25, 0.3) is 5.91 Å². The van der Waals surface area contributed by atoms with E-state index in [-0.39, 0.29) is 5.91 Å². The molecule has 0 bridgehead atoms. The van der Waals surface area contributed by atoms with Gasteiger partial charge in [-0.3, -0.25) is 14.5 Å². The number of carbonyl (C=O) groups excluding carboxylic acids is 1. The van der Waals surface area contributed by atoms with Crippen LogP contribution < -0.4 is 5.32 Å². The van der Waals surface area contributed by atoms with Crippen LogP contribution in [0.3, 0.4) is 0 Å².